The van der Waals surface area contributed by atoms with E-state index in [-0.39, 0.29) is 6.04 Å². The summed E-state index contributed by atoms with van der Waals surface area (Å²) in [7, 11) is 1.66. The Morgan fingerprint density at radius 1 is 1.24 bits per heavy atom. The zero-order valence-corrected chi connectivity index (χ0v) is 13.2. The largest absolute Gasteiger partial charge is 0.497 e. The Balaban J connectivity index is 1.88. The molecule has 1 unspecified atom stereocenters. The van der Waals surface area contributed by atoms with Crippen LogP contribution in [0.15, 0.2) is 36.0 Å². The number of aromatic nitrogens is 2. The fourth-order valence-corrected chi connectivity index (χ4v) is 3.27. The Morgan fingerprint density at radius 3 is 2.71 bits per heavy atom. The molecule has 0 bridgehead atoms. The summed E-state index contributed by atoms with van der Waals surface area (Å²) in [4.78, 5) is 9.43. The van der Waals surface area contributed by atoms with Gasteiger partial charge in [0.2, 0.25) is 0 Å². The molecule has 0 amide bonds. The first-order valence-corrected chi connectivity index (χ1v) is 7.73. The summed E-state index contributed by atoms with van der Waals surface area (Å²) in [6.45, 7) is 2.08. The van der Waals surface area contributed by atoms with Gasteiger partial charge in [0, 0.05) is 11.4 Å². The normalized spacial score (nSPS) is 12.3. The molecule has 0 saturated carbocycles. The number of hydrogen-bond donors (Lipinski definition) is 1. The van der Waals surface area contributed by atoms with Crippen LogP contribution >= 0.6 is 22.9 Å². The van der Waals surface area contributed by atoms with Crippen LogP contribution in [0.3, 0.4) is 0 Å². The number of hydrogen-bond acceptors (Lipinski definition) is 5. The molecule has 0 radical (unpaired) electrons. The summed E-state index contributed by atoms with van der Waals surface area (Å²) in [5.74, 6) is 1.60. The van der Waals surface area contributed by atoms with Crippen LogP contribution in [0.4, 0.5) is 5.82 Å². The lowest BCUT2D eigenvalue weighted by atomic mass is 10.1. The smallest absolute Gasteiger partial charge is 0.140 e. The molecule has 2 heterocycles. The molecule has 3 aromatic rings. The van der Waals surface area contributed by atoms with Gasteiger partial charge in [0.05, 0.1) is 17.5 Å². The maximum atomic E-state index is 6.22. The summed E-state index contributed by atoms with van der Waals surface area (Å²) in [6, 6.07) is 8.06. The van der Waals surface area contributed by atoms with Crippen molar-refractivity contribution in [1.82, 2.24) is 9.97 Å². The molecule has 2 aromatic heterocycles. The zero-order valence-electron chi connectivity index (χ0n) is 11.6. The van der Waals surface area contributed by atoms with Crippen LogP contribution in [0.1, 0.15) is 18.5 Å². The van der Waals surface area contributed by atoms with Crippen LogP contribution in [0.2, 0.25) is 5.02 Å². The van der Waals surface area contributed by atoms with Crippen LogP contribution in [0.5, 0.6) is 5.75 Å². The standard InChI is InChI=1S/C15H14ClN3OS/c1-9(10-3-5-11(20-2)6-4-10)19-14-13-12(16)7-21-15(13)18-8-17-14/h3-9H,1-2H3,(H,17,18,19). The number of halogens is 1. The molecule has 0 aliphatic heterocycles. The van der Waals surface area contributed by atoms with Crippen molar-refractivity contribution in [2.45, 2.75) is 13.0 Å². The summed E-state index contributed by atoms with van der Waals surface area (Å²) < 4.78 is 5.17. The van der Waals surface area contributed by atoms with Crippen LogP contribution in [-0.4, -0.2) is 17.1 Å². The maximum absolute atomic E-state index is 6.22. The van der Waals surface area contributed by atoms with Crippen LogP contribution in [-0.2, 0) is 0 Å². The predicted octanol–water partition coefficient (Wildman–Crippen LogP) is 4.53. The fourth-order valence-electron chi connectivity index (χ4n) is 2.13. The third-order valence-corrected chi connectivity index (χ3v) is 4.61. The minimum atomic E-state index is 0.102. The van der Waals surface area contributed by atoms with Crippen molar-refractivity contribution in [2.75, 3.05) is 12.4 Å². The van der Waals surface area contributed by atoms with E-state index in [2.05, 4.69) is 22.2 Å². The summed E-state index contributed by atoms with van der Waals surface area (Å²) in [5.41, 5.74) is 1.15. The second-order valence-electron chi connectivity index (χ2n) is 4.63. The van der Waals surface area contributed by atoms with Gasteiger partial charge in [-0.25, -0.2) is 9.97 Å². The topological polar surface area (TPSA) is 47.0 Å². The third kappa shape index (κ3) is 2.80. The van der Waals surface area contributed by atoms with Crippen molar-refractivity contribution >= 4 is 39.0 Å². The van der Waals surface area contributed by atoms with Crippen molar-refractivity contribution in [3.05, 3.63) is 46.6 Å². The molecule has 1 aromatic carbocycles. The van der Waals surface area contributed by atoms with Gasteiger partial charge in [0.1, 0.15) is 22.7 Å². The average molecular weight is 320 g/mol. The molecule has 6 heteroatoms. The number of benzene rings is 1. The second-order valence-corrected chi connectivity index (χ2v) is 5.89. The number of ether oxygens (including phenoxy) is 1. The predicted molar refractivity (Wildman–Crippen MR) is 87.5 cm³/mol. The highest BCUT2D eigenvalue weighted by Gasteiger charge is 2.13. The van der Waals surface area contributed by atoms with E-state index in [0.717, 1.165) is 27.3 Å². The number of methoxy groups -OCH3 is 1. The summed E-state index contributed by atoms with van der Waals surface area (Å²) >= 11 is 7.74. The molecule has 21 heavy (non-hydrogen) atoms. The molecule has 0 saturated heterocycles. The van der Waals surface area contributed by atoms with Gasteiger partial charge in [0.15, 0.2) is 0 Å². The zero-order chi connectivity index (χ0) is 14.8. The lowest BCUT2D eigenvalue weighted by molar-refractivity contribution is 0.414. The number of fused-ring (bicyclic) bond motifs is 1. The molecule has 3 rings (SSSR count). The Bertz CT molecular complexity index is 757. The van der Waals surface area contributed by atoms with E-state index < -0.39 is 0 Å². The Hall–Kier alpha value is -1.85. The van der Waals surface area contributed by atoms with Crippen molar-refractivity contribution in [3.8, 4) is 5.75 Å². The van der Waals surface area contributed by atoms with Gasteiger partial charge in [-0.15, -0.1) is 11.3 Å². The van der Waals surface area contributed by atoms with E-state index >= 15 is 0 Å². The first-order chi connectivity index (χ1) is 10.2. The minimum Gasteiger partial charge on any atom is -0.497 e. The highest BCUT2D eigenvalue weighted by atomic mass is 35.5. The SMILES string of the molecule is COc1ccc(C(C)Nc2ncnc3scc(Cl)c23)cc1. The highest BCUT2D eigenvalue weighted by Crippen LogP contribution is 2.34. The van der Waals surface area contributed by atoms with E-state index in [9.17, 15) is 0 Å². The first kappa shape index (κ1) is 14.1. The molecular weight excluding hydrogens is 306 g/mol. The number of thiophene rings is 1. The third-order valence-electron chi connectivity index (χ3n) is 3.29. The molecule has 0 aliphatic rings. The van der Waals surface area contributed by atoms with E-state index in [1.54, 1.807) is 13.4 Å². The van der Waals surface area contributed by atoms with Gasteiger partial charge in [-0.2, -0.15) is 0 Å². The Kier molecular flexibility index (Phi) is 3.94. The van der Waals surface area contributed by atoms with Gasteiger partial charge < -0.3 is 10.1 Å². The van der Waals surface area contributed by atoms with Crippen molar-refractivity contribution in [2.24, 2.45) is 0 Å². The van der Waals surface area contributed by atoms with Gasteiger partial charge in [0.25, 0.3) is 0 Å². The van der Waals surface area contributed by atoms with Crippen LogP contribution in [0.25, 0.3) is 10.2 Å². The highest BCUT2D eigenvalue weighted by molar-refractivity contribution is 7.17. The second kappa shape index (κ2) is 5.87. The molecule has 4 nitrogen and oxygen atoms in total. The van der Waals surface area contributed by atoms with Gasteiger partial charge in [-0.3, -0.25) is 0 Å². The molecule has 0 spiro atoms. The van der Waals surface area contributed by atoms with E-state index in [1.165, 1.54) is 11.3 Å². The first-order valence-electron chi connectivity index (χ1n) is 6.47. The lowest BCUT2D eigenvalue weighted by Gasteiger charge is -2.16. The quantitative estimate of drug-likeness (QED) is 0.767. The van der Waals surface area contributed by atoms with Crippen LogP contribution in [0, 0.1) is 0 Å². The number of anilines is 1. The van der Waals surface area contributed by atoms with Crippen LogP contribution < -0.4 is 10.1 Å². The fraction of sp³-hybridized carbons (Fsp3) is 0.200. The molecule has 108 valence electrons. The molecule has 0 aliphatic carbocycles. The van der Waals surface area contributed by atoms with Crippen molar-refractivity contribution in [3.63, 3.8) is 0 Å². The van der Waals surface area contributed by atoms with Gasteiger partial charge >= 0.3 is 0 Å². The molecule has 0 fully saturated rings. The number of nitrogens with zero attached hydrogens (tertiary/aromatic N) is 2. The van der Waals surface area contributed by atoms with E-state index in [1.807, 2.05) is 29.6 Å². The summed E-state index contributed by atoms with van der Waals surface area (Å²) in [6.07, 6.45) is 1.55. The van der Waals surface area contributed by atoms with E-state index in [4.69, 9.17) is 16.3 Å². The lowest BCUT2D eigenvalue weighted by Crippen LogP contribution is -2.08. The van der Waals surface area contributed by atoms with Gasteiger partial charge in [-0.05, 0) is 24.6 Å². The number of nitrogens with one attached hydrogen (secondary N) is 1. The Labute approximate surface area is 131 Å². The Morgan fingerprint density at radius 2 is 2.00 bits per heavy atom. The van der Waals surface area contributed by atoms with Crippen molar-refractivity contribution < 1.29 is 4.74 Å². The molecular formula is C15H14ClN3OS. The maximum Gasteiger partial charge on any atom is 0.140 e. The van der Waals surface area contributed by atoms with E-state index in [0.29, 0.717) is 5.02 Å². The molecule has 1 atom stereocenters. The van der Waals surface area contributed by atoms with Crippen molar-refractivity contribution in [1.29, 1.82) is 0 Å². The monoisotopic (exact) mass is 319 g/mol. The average Bonchev–Trinajstić information content (AvgIpc) is 2.90. The van der Waals surface area contributed by atoms with Gasteiger partial charge in [-0.1, -0.05) is 23.7 Å². The molecule has 1 N–H and O–H groups in total. The number of rotatable bonds is 4. The minimum absolute atomic E-state index is 0.102. The summed E-state index contributed by atoms with van der Waals surface area (Å²) in [5, 5.41) is 6.83.